The minimum atomic E-state index is -0.248. The average Bonchev–Trinajstić information content (AvgIpc) is 2.67. The Kier molecular flexibility index (Phi) is 5.55. The van der Waals surface area contributed by atoms with Crippen LogP contribution >= 0.6 is 0 Å². The normalized spacial score (nSPS) is 17.4. The zero-order valence-corrected chi connectivity index (χ0v) is 14.6. The van der Waals surface area contributed by atoms with E-state index < -0.39 is 0 Å². The highest BCUT2D eigenvalue weighted by Gasteiger charge is 2.28. The summed E-state index contributed by atoms with van der Waals surface area (Å²) in [4.78, 5) is 29.2. The molecule has 0 aromatic carbocycles. The van der Waals surface area contributed by atoms with Crippen LogP contribution in [0.4, 0.5) is 5.82 Å². The van der Waals surface area contributed by atoms with Gasteiger partial charge < -0.3 is 14.5 Å². The van der Waals surface area contributed by atoms with Gasteiger partial charge in [0.15, 0.2) is 5.82 Å². The Hall–Kier alpha value is -2.54. The summed E-state index contributed by atoms with van der Waals surface area (Å²) in [5, 5.41) is 0. The van der Waals surface area contributed by atoms with Gasteiger partial charge in [0.25, 0.3) is 0 Å². The third-order valence-electron chi connectivity index (χ3n) is 4.20. The third kappa shape index (κ3) is 4.30. The molecule has 0 N–H and O–H groups in total. The molecule has 0 bridgehead atoms. The lowest BCUT2D eigenvalue weighted by Gasteiger charge is -2.33. The Morgan fingerprint density at radius 1 is 1.32 bits per heavy atom. The van der Waals surface area contributed by atoms with Crippen LogP contribution in [-0.4, -0.2) is 59.6 Å². The quantitative estimate of drug-likeness (QED) is 0.820. The Labute approximate surface area is 147 Å². The van der Waals surface area contributed by atoms with Gasteiger partial charge in [0, 0.05) is 51.8 Å². The van der Waals surface area contributed by atoms with E-state index in [9.17, 15) is 4.79 Å². The molecule has 1 atom stereocenters. The van der Waals surface area contributed by atoms with Crippen LogP contribution in [0.2, 0.25) is 0 Å². The predicted molar refractivity (Wildman–Crippen MR) is 94.2 cm³/mol. The van der Waals surface area contributed by atoms with E-state index in [1.54, 1.807) is 24.8 Å². The van der Waals surface area contributed by atoms with Crippen LogP contribution in [0.5, 0.6) is 0 Å². The van der Waals surface area contributed by atoms with E-state index in [0.717, 1.165) is 17.1 Å². The molecule has 1 aliphatic rings. The zero-order chi connectivity index (χ0) is 17.6. The SMILES string of the molecule is CN(C)c1nccnc1[C@H]1CN(C(=O)CCc2cccnc2)CCO1. The lowest BCUT2D eigenvalue weighted by molar-refractivity contribution is -0.139. The van der Waals surface area contributed by atoms with Crippen LogP contribution in [0.3, 0.4) is 0 Å². The first-order valence-electron chi connectivity index (χ1n) is 8.41. The highest BCUT2D eigenvalue weighted by Crippen LogP contribution is 2.26. The van der Waals surface area contributed by atoms with Crippen molar-refractivity contribution in [1.82, 2.24) is 19.9 Å². The van der Waals surface area contributed by atoms with Crippen LogP contribution in [0.1, 0.15) is 23.8 Å². The lowest BCUT2D eigenvalue weighted by atomic mass is 10.1. The van der Waals surface area contributed by atoms with Gasteiger partial charge in [-0.2, -0.15) is 0 Å². The second-order valence-electron chi connectivity index (χ2n) is 6.22. The van der Waals surface area contributed by atoms with Crippen molar-refractivity contribution in [3.8, 4) is 0 Å². The molecule has 2 aromatic rings. The monoisotopic (exact) mass is 341 g/mol. The van der Waals surface area contributed by atoms with E-state index >= 15 is 0 Å². The molecule has 0 radical (unpaired) electrons. The highest BCUT2D eigenvalue weighted by atomic mass is 16.5. The van der Waals surface area contributed by atoms with Gasteiger partial charge in [-0.15, -0.1) is 0 Å². The van der Waals surface area contributed by atoms with Crippen LogP contribution < -0.4 is 4.90 Å². The standard InChI is InChI=1S/C18H23N5O2/c1-22(2)18-17(20-8-9-21-18)15-13-23(10-11-25-15)16(24)6-5-14-4-3-7-19-12-14/h3-4,7-9,12,15H,5-6,10-11,13H2,1-2H3/t15-/m1/s1. The Morgan fingerprint density at radius 3 is 2.92 bits per heavy atom. The topological polar surface area (TPSA) is 71.5 Å². The van der Waals surface area contributed by atoms with Gasteiger partial charge in [-0.3, -0.25) is 14.8 Å². The van der Waals surface area contributed by atoms with Gasteiger partial charge in [-0.25, -0.2) is 4.98 Å². The number of hydrogen-bond donors (Lipinski definition) is 0. The number of carbonyl (C=O) groups is 1. The van der Waals surface area contributed by atoms with Crippen LogP contribution in [0.15, 0.2) is 36.9 Å². The van der Waals surface area contributed by atoms with Crippen LogP contribution in [0, 0.1) is 0 Å². The van der Waals surface area contributed by atoms with Crippen molar-refractivity contribution in [2.24, 2.45) is 0 Å². The molecule has 1 aliphatic heterocycles. The van der Waals surface area contributed by atoms with E-state index in [1.807, 2.05) is 36.0 Å². The average molecular weight is 341 g/mol. The van der Waals surface area contributed by atoms with E-state index in [-0.39, 0.29) is 12.0 Å². The zero-order valence-electron chi connectivity index (χ0n) is 14.6. The second kappa shape index (κ2) is 8.02. The molecule has 0 spiro atoms. The van der Waals surface area contributed by atoms with Gasteiger partial charge in [-0.05, 0) is 18.1 Å². The number of morpholine rings is 1. The molecular weight excluding hydrogens is 318 g/mol. The predicted octanol–water partition coefficient (Wildman–Crippen LogP) is 1.47. The number of hydrogen-bond acceptors (Lipinski definition) is 6. The molecule has 3 heterocycles. The lowest BCUT2D eigenvalue weighted by Crippen LogP contribution is -2.42. The molecule has 2 aromatic heterocycles. The molecule has 0 unspecified atom stereocenters. The summed E-state index contributed by atoms with van der Waals surface area (Å²) in [5.74, 6) is 0.907. The van der Waals surface area contributed by atoms with Crippen molar-refractivity contribution < 1.29 is 9.53 Å². The number of pyridine rings is 1. The van der Waals surface area contributed by atoms with E-state index in [2.05, 4.69) is 15.0 Å². The number of aromatic nitrogens is 3. The molecule has 1 saturated heterocycles. The van der Waals surface area contributed by atoms with Gasteiger partial charge in [-0.1, -0.05) is 6.07 Å². The Morgan fingerprint density at radius 2 is 2.16 bits per heavy atom. The number of aryl methyl sites for hydroxylation is 1. The summed E-state index contributed by atoms with van der Waals surface area (Å²) in [6.45, 7) is 1.62. The molecular formula is C18H23N5O2. The van der Waals surface area contributed by atoms with Crippen molar-refractivity contribution in [1.29, 1.82) is 0 Å². The number of amides is 1. The van der Waals surface area contributed by atoms with Crippen molar-refractivity contribution in [3.05, 3.63) is 48.2 Å². The maximum Gasteiger partial charge on any atom is 0.223 e. The van der Waals surface area contributed by atoms with Crippen LogP contribution in [-0.2, 0) is 16.0 Å². The molecule has 25 heavy (non-hydrogen) atoms. The number of carbonyl (C=O) groups excluding carboxylic acids is 1. The molecule has 132 valence electrons. The number of rotatable bonds is 5. The first-order valence-corrected chi connectivity index (χ1v) is 8.41. The second-order valence-corrected chi connectivity index (χ2v) is 6.22. The molecule has 0 saturated carbocycles. The van der Waals surface area contributed by atoms with Gasteiger partial charge in [0.1, 0.15) is 11.8 Å². The van der Waals surface area contributed by atoms with E-state index in [1.165, 1.54) is 0 Å². The third-order valence-corrected chi connectivity index (χ3v) is 4.20. The summed E-state index contributed by atoms with van der Waals surface area (Å²) in [5.41, 5.74) is 1.85. The maximum absolute atomic E-state index is 12.6. The smallest absolute Gasteiger partial charge is 0.223 e. The van der Waals surface area contributed by atoms with E-state index in [0.29, 0.717) is 32.5 Å². The largest absolute Gasteiger partial charge is 0.368 e. The number of nitrogens with zero attached hydrogens (tertiary/aromatic N) is 5. The molecule has 1 amide bonds. The Balaban J connectivity index is 1.64. The summed E-state index contributed by atoms with van der Waals surface area (Å²) in [6.07, 6.45) is 7.79. The van der Waals surface area contributed by atoms with Crippen molar-refractivity contribution in [2.45, 2.75) is 18.9 Å². The summed E-state index contributed by atoms with van der Waals surface area (Å²) < 4.78 is 5.86. The molecule has 7 nitrogen and oxygen atoms in total. The molecule has 3 rings (SSSR count). The summed E-state index contributed by atoms with van der Waals surface area (Å²) in [7, 11) is 3.85. The fraction of sp³-hybridized carbons (Fsp3) is 0.444. The number of anilines is 1. The first-order chi connectivity index (χ1) is 12.1. The Bertz CT molecular complexity index is 708. The van der Waals surface area contributed by atoms with Gasteiger partial charge in [0.05, 0.1) is 13.2 Å². The minimum absolute atomic E-state index is 0.132. The van der Waals surface area contributed by atoms with Crippen molar-refractivity contribution in [3.63, 3.8) is 0 Å². The van der Waals surface area contributed by atoms with Crippen LogP contribution in [0.25, 0.3) is 0 Å². The summed E-state index contributed by atoms with van der Waals surface area (Å²) >= 11 is 0. The van der Waals surface area contributed by atoms with Gasteiger partial charge >= 0.3 is 0 Å². The first kappa shape index (κ1) is 17.3. The molecule has 1 fully saturated rings. The summed E-state index contributed by atoms with van der Waals surface area (Å²) in [6, 6.07) is 3.88. The minimum Gasteiger partial charge on any atom is -0.368 e. The fourth-order valence-corrected chi connectivity index (χ4v) is 2.91. The van der Waals surface area contributed by atoms with Gasteiger partial charge in [0.2, 0.25) is 5.91 Å². The number of ether oxygens (including phenoxy) is 1. The van der Waals surface area contributed by atoms with Crippen molar-refractivity contribution >= 4 is 11.7 Å². The molecule has 7 heteroatoms. The molecule has 0 aliphatic carbocycles. The van der Waals surface area contributed by atoms with E-state index in [4.69, 9.17) is 4.74 Å². The maximum atomic E-state index is 12.6. The highest BCUT2D eigenvalue weighted by molar-refractivity contribution is 5.76. The van der Waals surface area contributed by atoms with Crippen molar-refractivity contribution in [2.75, 3.05) is 38.7 Å². The fourth-order valence-electron chi connectivity index (χ4n) is 2.91.